The molecule has 0 spiro atoms. The fourth-order valence-corrected chi connectivity index (χ4v) is 3.03. The largest absolute Gasteiger partial charge is 0.383 e. The van der Waals surface area contributed by atoms with Crippen molar-refractivity contribution in [2.24, 2.45) is 5.92 Å². The van der Waals surface area contributed by atoms with Crippen molar-refractivity contribution < 1.29 is 14.3 Å². The second-order valence-electron chi connectivity index (χ2n) is 5.31. The van der Waals surface area contributed by atoms with Crippen molar-refractivity contribution in [2.75, 3.05) is 39.1 Å². The Bertz CT molecular complexity index is 520. The third-order valence-electron chi connectivity index (χ3n) is 3.63. The maximum atomic E-state index is 12.1. The van der Waals surface area contributed by atoms with Crippen LogP contribution in [0.3, 0.4) is 0 Å². The highest BCUT2D eigenvalue weighted by Crippen LogP contribution is 2.17. The van der Waals surface area contributed by atoms with Crippen LogP contribution in [-0.2, 0) is 20.7 Å². The van der Waals surface area contributed by atoms with Gasteiger partial charge in [-0.2, -0.15) is 0 Å². The van der Waals surface area contributed by atoms with E-state index in [1.54, 1.807) is 12.0 Å². The van der Waals surface area contributed by atoms with Gasteiger partial charge in [0.15, 0.2) is 5.13 Å². The molecular formula is C14H22N4O3S. The van der Waals surface area contributed by atoms with Gasteiger partial charge < -0.3 is 20.7 Å². The molecule has 2 rings (SSSR count). The Morgan fingerprint density at radius 2 is 2.45 bits per heavy atom. The first kappa shape index (κ1) is 16.7. The lowest BCUT2D eigenvalue weighted by molar-refractivity contribution is -0.129. The summed E-state index contributed by atoms with van der Waals surface area (Å²) in [5.74, 6) is -0.277. The summed E-state index contributed by atoms with van der Waals surface area (Å²) in [5, 5.41) is 5.39. The molecule has 3 N–H and O–H groups in total. The van der Waals surface area contributed by atoms with Crippen LogP contribution in [0.2, 0.25) is 0 Å². The molecule has 0 bridgehead atoms. The van der Waals surface area contributed by atoms with Gasteiger partial charge in [-0.15, -0.1) is 11.3 Å². The Balaban J connectivity index is 1.66. The molecule has 122 valence electrons. The maximum Gasteiger partial charge on any atom is 0.225 e. The molecule has 1 aliphatic heterocycles. The average molecular weight is 326 g/mol. The highest BCUT2D eigenvalue weighted by molar-refractivity contribution is 7.13. The zero-order valence-corrected chi connectivity index (χ0v) is 13.5. The summed E-state index contributed by atoms with van der Waals surface area (Å²) in [6.07, 6.45) is 1.89. The number of likely N-dealkylation sites (tertiary alicyclic amines) is 1. The van der Waals surface area contributed by atoms with Crippen molar-refractivity contribution in [2.45, 2.75) is 19.3 Å². The highest BCUT2D eigenvalue weighted by atomic mass is 32.1. The summed E-state index contributed by atoms with van der Waals surface area (Å²) in [6.45, 7) is 2.11. The van der Waals surface area contributed by atoms with E-state index in [4.69, 9.17) is 10.5 Å². The van der Waals surface area contributed by atoms with Crippen LogP contribution in [0.4, 0.5) is 5.13 Å². The topological polar surface area (TPSA) is 97.6 Å². The number of nitrogen functional groups attached to an aromatic ring is 1. The number of nitrogens with one attached hydrogen (secondary N) is 1. The molecule has 0 aromatic carbocycles. The zero-order valence-electron chi connectivity index (χ0n) is 12.7. The van der Waals surface area contributed by atoms with Crippen LogP contribution in [0.25, 0.3) is 0 Å². The predicted octanol–water partition coefficient (Wildman–Crippen LogP) is 0.269. The first-order chi connectivity index (χ1) is 10.6. The first-order valence-electron chi connectivity index (χ1n) is 7.34. The van der Waals surface area contributed by atoms with Crippen LogP contribution in [0.15, 0.2) is 5.38 Å². The molecule has 2 heterocycles. The number of nitrogens with zero attached hydrogens (tertiary/aromatic N) is 2. The van der Waals surface area contributed by atoms with Crippen LogP contribution >= 0.6 is 11.3 Å². The van der Waals surface area contributed by atoms with Crippen LogP contribution in [0.5, 0.6) is 0 Å². The smallest absolute Gasteiger partial charge is 0.225 e. The zero-order chi connectivity index (χ0) is 15.9. The number of anilines is 1. The third kappa shape index (κ3) is 4.67. The molecule has 0 saturated carbocycles. The Labute approximate surface area is 133 Å². The third-order valence-corrected chi connectivity index (χ3v) is 4.35. The summed E-state index contributed by atoms with van der Waals surface area (Å²) < 4.78 is 4.96. The first-order valence-corrected chi connectivity index (χ1v) is 8.22. The van der Waals surface area contributed by atoms with Gasteiger partial charge in [0.25, 0.3) is 0 Å². The van der Waals surface area contributed by atoms with Crippen molar-refractivity contribution in [3.05, 3.63) is 11.1 Å². The van der Waals surface area contributed by atoms with E-state index in [0.717, 1.165) is 18.5 Å². The van der Waals surface area contributed by atoms with E-state index in [2.05, 4.69) is 10.3 Å². The van der Waals surface area contributed by atoms with E-state index in [-0.39, 0.29) is 24.2 Å². The minimum absolute atomic E-state index is 0.0233. The molecule has 0 radical (unpaired) electrons. The Hall–Kier alpha value is -1.67. The molecule has 0 aliphatic carbocycles. The molecule has 7 nitrogen and oxygen atoms in total. The monoisotopic (exact) mass is 326 g/mol. The lowest BCUT2D eigenvalue weighted by Crippen LogP contribution is -2.34. The molecule has 0 unspecified atom stereocenters. The van der Waals surface area contributed by atoms with Gasteiger partial charge in [-0.3, -0.25) is 9.59 Å². The van der Waals surface area contributed by atoms with Crippen LogP contribution in [-0.4, -0.2) is 55.0 Å². The normalized spacial score (nSPS) is 18.0. The number of methoxy groups -OCH3 is 1. The molecule has 1 aromatic heterocycles. The minimum Gasteiger partial charge on any atom is -0.383 e. The Kier molecular flexibility index (Phi) is 6.14. The van der Waals surface area contributed by atoms with Crippen LogP contribution < -0.4 is 11.1 Å². The number of carbonyl (C=O) groups excluding carboxylic acids is 2. The number of thiazole rings is 1. The molecular weight excluding hydrogens is 304 g/mol. The summed E-state index contributed by atoms with van der Waals surface area (Å²) in [5.41, 5.74) is 6.52. The van der Waals surface area contributed by atoms with Crippen LogP contribution in [0, 0.1) is 5.92 Å². The van der Waals surface area contributed by atoms with Gasteiger partial charge in [-0.1, -0.05) is 0 Å². The number of aryl methyl sites for hydroxylation is 1. The number of aromatic nitrogens is 1. The van der Waals surface area contributed by atoms with E-state index in [9.17, 15) is 9.59 Å². The number of hydrogen-bond acceptors (Lipinski definition) is 6. The minimum atomic E-state index is -0.251. The predicted molar refractivity (Wildman–Crippen MR) is 84.4 cm³/mol. The van der Waals surface area contributed by atoms with Gasteiger partial charge in [-0.05, 0) is 12.8 Å². The number of hydrogen-bond donors (Lipinski definition) is 2. The molecule has 1 saturated heterocycles. The van der Waals surface area contributed by atoms with Crippen molar-refractivity contribution in [3.63, 3.8) is 0 Å². The molecule has 1 aromatic rings. The molecule has 1 atom stereocenters. The van der Waals surface area contributed by atoms with Gasteiger partial charge in [0.05, 0.1) is 18.2 Å². The molecule has 1 aliphatic rings. The Morgan fingerprint density at radius 1 is 1.64 bits per heavy atom. The number of ether oxygens (including phenoxy) is 1. The number of nitrogens with two attached hydrogens (primary N) is 1. The summed E-state index contributed by atoms with van der Waals surface area (Å²) in [6, 6.07) is 0. The van der Waals surface area contributed by atoms with Crippen molar-refractivity contribution in [1.29, 1.82) is 0 Å². The van der Waals surface area contributed by atoms with E-state index in [1.807, 2.05) is 5.38 Å². The van der Waals surface area contributed by atoms with E-state index < -0.39 is 0 Å². The highest BCUT2D eigenvalue weighted by Gasteiger charge is 2.33. The molecule has 2 amide bonds. The van der Waals surface area contributed by atoms with Crippen LogP contribution in [0.1, 0.15) is 18.5 Å². The van der Waals surface area contributed by atoms with Crippen molar-refractivity contribution in [3.8, 4) is 0 Å². The quantitative estimate of drug-likeness (QED) is 0.668. The SMILES string of the molecule is COCCN1C[C@@H](C(=O)NCCCc2csc(N)n2)CC1=O. The van der Waals surface area contributed by atoms with Crippen molar-refractivity contribution in [1.82, 2.24) is 15.2 Å². The standard InChI is InChI=1S/C14H22N4O3S/c1-21-6-5-18-8-10(7-12(18)19)13(20)16-4-2-3-11-9-22-14(15)17-11/h9-10H,2-8H2,1H3,(H2,15,17)(H,16,20)/t10-/m0/s1. The number of carbonyl (C=O) groups is 2. The van der Waals surface area contributed by atoms with Gasteiger partial charge in [0.1, 0.15) is 0 Å². The number of amides is 2. The second kappa shape index (κ2) is 8.09. The van der Waals surface area contributed by atoms with E-state index in [1.165, 1.54) is 11.3 Å². The van der Waals surface area contributed by atoms with Gasteiger partial charge in [0.2, 0.25) is 11.8 Å². The fourth-order valence-electron chi connectivity index (χ4n) is 2.43. The van der Waals surface area contributed by atoms with E-state index >= 15 is 0 Å². The molecule has 8 heteroatoms. The van der Waals surface area contributed by atoms with Gasteiger partial charge in [0, 0.05) is 38.5 Å². The van der Waals surface area contributed by atoms with Gasteiger partial charge in [-0.25, -0.2) is 4.98 Å². The Morgan fingerprint density at radius 3 is 3.14 bits per heavy atom. The second-order valence-corrected chi connectivity index (χ2v) is 6.19. The lowest BCUT2D eigenvalue weighted by Gasteiger charge is -2.15. The van der Waals surface area contributed by atoms with Crippen molar-refractivity contribution >= 4 is 28.3 Å². The maximum absolute atomic E-state index is 12.1. The molecule has 1 fully saturated rings. The average Bonchev–Trinajstić information content (AvgIpc) is 3.07. The fraction of sp³-hybridized carbons (Fsp3) is 0.643. The molecule has 22 heavy (non-hydrogen) atoms. The summed E-state index contributed by atoms with van der Waals surface area (Å²) >= 11 is 1.42. The van der Waals surface area contributed by atoms with E-state index in [0.29, 0.717) is 31.4 Å². The van der Waals surface area contributed by atoms with Gasteiger partial charge >= 0.3 is 0 Å². The summed E-state index contributed by atoms with van der Waals surface area (Å²) in [4.78, 5) is 29.7. The lowest BCUT2D eigenvalue weighted by atomic mass is 10.1. The summed E-state index contributed by atoms with van der Waals surface area (Å²) in [7, 11) is 1.60. The number of rotatable bonds is 8.